The lowest BCUT2D eigenvalue weighted by Gasteiger charge is -2.08. The van der Waals surface area contributed by atoms with E-state index in [2.05, 4.69) is 4.74 Å². The van der Waals surface area contributed by atoms with Crippen LogP contribution in [0, 0.1) is 11.3 Å². The van der Waals surface area contributed by atoms with Gasteiger partial charge in [0.2, 0.25) is 0 Å². The molecule has 0 fully saturated rings. The Hall–Kier alpha value is -2.51. The van der Waals surface area contributed by atoms with Gasteiger partial charge in [-0.3, -0.25) is 0 Å². The van der Waals surface area contributed by atoms with Crippen LogP contribution in [0.15, 0.2) is 42.5 Å². The molecule has 0 amide bonds. The second-order valence-electron chi connectivity index (χ2n) is 4.22. The third-order valence-electron chi connectivity index (χ3n) is 2.85. The van der Waals surface area contributed by atoms with Crippen molar-refractivity contribution in [2.24, 2.45) is 0 Å². The summed E-state index contributed by atoms with van der Waals surface area (Å²) in [6.45, 7) is 0.280. The summed E-state index contributed by atoms with van der Waals surface area (Å²) in [5.41, 5.74) is 1.75. The Balaban J connectivity index is 2.03. The van der Waals surface area contributed by atoms with Crippen LogP contribution in [0.4, 0.5) is 0 Å². The van der Waals surface area contributed by atoms with Gasteiger partial charge in [-0.2, -0.15) is 5.26 Å². The molecule has 0 radical (unpaired) electrons. The van der Waals surface area contributed by atoms with E-state index in [1.807, 2.05) is 6.07 Å². The fourth-order valence-corrected chi connectivity index (χ4v) is 1.94. The molecule has 2 rings (SSSR count). The predicted octanol–water partition coefficient (Wildman–Crippen LogP) is 3.58. The highest BCUT2D eigenvalue weighted by molar-refractivity contribution is 6.31. The molecule has 2 aromatic rings. The number of rotatable bonds is 4. The number of nitrogens with zero attached hydrogens (tertiary/aromatic N) is 1. The van der Waals surface area contributed by atoms with Crippen LogP contribution < -0.4 is 4.74 Å². The number of hydrogen-bond acceptors (Lipinski definition) is 4. The average Bonchev–Trinajstić information content (AvgIpc) is 2.53. The first-order chi connectivity index (χ1) is 10.1. The summed E-state index contributed by atoms with van der Waals surface area (Å²) < 4.78 is 10.2. The molecule has 0 aromatic heterocycles. The average molecular weight is 302 g/mol. The van der Waals surface area contributed by atoms with Gasteiger partial charge >= 0.3 is 5.97 Å². The molecule has 5 heteroatoms. The number of ether oxygens (including phenoxy) is 2. The smallest absolute Gasteiger partial charge is 0.337 e. The number of esters is 1. The maximum absolute atomic E-state index is 11.3. The molecular formula is C16H12ClNO3. The molecule has 2 aromatic carbocycles. The minimum absolute atomic E-state index is 0.280. The number of carbonyl (C=O) groups is 1. The number of methoxy groups -OCH3 is 1. The molecule has 0 saturated carbocycles. The Morgan fingerprint density at radius 3 is 2.52 bits per heavy atom. The third kappa shape index (κ3) is 3.74. The van der Waals surface area contributed by atoms with Gasteiger partial charge < -0.3 is 9.47 Å². The van der Waals surface area contributed by atoms with E-state index in [0.29, 0.717) is 21.9 Å². The quantitative estimate of drug-likeness (QED) is 0.810. The first-order valence-electron chi connectivity index (χ1n) is 6.13. The summed E-state index contributed by atoms with van der Waals surface area (Å²) in [4.78, 5) is 11.3. The number of benzene rings is 2. The second kappa shape index (κ2) is 6.78. The van der Waals surface area contributed by atoms with Gasteiger partial charge in [0.25, 0.3) is 0 Å². The van der Waals surface area contributed by atoms with Crippen molar-refractivity contribution >= 4 is 17.6 Å². The van der Waals surface area contributed by atoms with E-state index in [0.717, 1.165) is 5.56 Å². The van der Waals surface area contributed by atoms with Crippen LogP contribution in [0.1, 0.15) is 21.5 Å². The third-order valence-corrected chi connectivity index (χ3v) is 3.20. The van der Waals surface area contributed by atoms with Gasteiger partial charge in [0, 0.05) is 10.6 Å². The summed E-state index contributed by atoms with van der Waals surface area (Å²) in [6, 6.07) is 13.7. The molecule has 0 unspecified atom stereocenters. The number of carbonyl (C=O) groups excluding carboxylic acids is 1. The molecular weight excluding hydrogens is 290 g/mol. The normalized spacial score (nSPS) is 9.76. The zero-order chi connectivity index (χ0) is 15.2. The molecule has 0 aliphatic carbocycles. The second-order valence-corrected chi connectivity index (χ2v) is 4.63. The van der Waals surface area contributed by atoms with E-state index >= 15 is 0 Å². The van der Waals surface area contributed by atoms with E-state index in [1.165, 1.54) is 7.11 Å². The minimum atomic E-state index is -0.392. The van der Waals surface area contributed by atoms with Crippen molar-refractivity contribution in [2.75, 3.05) is 7.11 Å². The van der Waals surface area contributed by atoms with E-state index in [4.69, 9.17) is 21.6 Å². The zero-order valence-corrected chi connectivity index (χ0v) is 12.1. The highest BCUT2D eigenvalue weighted by Gasteiger charge is 2.06. The van der Waals surface area contributed by atoms with Gasteiger partial charge in [-0.1, -0.05) is 17.7 Å². The van der Waals surface area contributed by atoms with Crippen molar-refractivity contribution in [2.45, 2.75) is 6.61 Å². The van der Waals surface area contributed by atoms with Gasteiger partial charge in [-0.15, -0.1) is 0 Å². The van der Waals surface area contributed by atoms with Crippen molar-refractivity contribution in [1.29, 1.82) is 5.26 Å². The molecule has 0 aliphatic heterocycles. The van der Waals surface area contributed by atoms with Gasteiger partial charge in [0.1, 0.15) is 12.4 Å². The van der Waals surface area contributed by atoms with Crippen LogP contribution in [0.2, 0.25) is 5.02 Å². The van der Waals surface area contributed by atoms with Crippen molar-refractivity contribution < 1.29 is 14.3 Å². The molecule has 106 valence electrons. The lowest BCUT2D eigenvalue weighted by Crippen LogP contribution is -2.01. The summed E-state index contributed by atoms with van der Waals surface area (Å²) in [5, 5.41) is 9.26. The summed E-state index contributed by atoms with van der Waals surface area (Å²) >= 11 is 6.07. The number of hydrogen-bond donors (Lipinski definition) is 0. The Kier molecular flexibility index (Phi) is 4.81. The Morgan fingerprint density at radius 1 is 1.24 bits per heavy atom. The van der Waals surface area contributed by atoms with Crippen LogP contribution in [0.3, 0.4) is 0 Å². The van der Waals surface area contributed by atoms with Gasteiger partial charge in [0.05, 0.1) is 24.3 Å². The Bertz CT molecular complexity index is 690. The minimum Gasteiger partial charge on any atom is -0.489 e. The molecule has 4 nitrogen and oxygen atoms in total. The van der Waals surface area contributed by atoms with Crippen molar-refractivity contribution in [3.63, 3.8) is 0 Å². The lowest BCUT2D eigenvalue weighted by atomic mass is 10.1. The van der Waals surface area contributed by atoms with Crippen LogP contribution in [0.25, 0.3) is 0 Å². The monoisotopic (exact) mass is 301 g/mol. The van der Waals surface area contributed by atoms with Crippen LogP contribution in [-0.4, -0.2) is 13.1 Å². The van der Waals surface area contributed by atoms with Crippen LogP contribution in [-0.2, 0) is 11.3 Å². The molecule has 0 aliphatic rings. The van der Waals surface area contributed by atoms with E-state index in [9.17, 15) is 4.79 Å². The first kappa shape index (κ1) is 14.9. The summed E-state index contributed by atoms with van der Waals surface area (Å²) in [5.74, 6) is 0.222. The molecule has 0 saturated heterocycles. The Morgan fingerprint density at radius 2 is 1.95 bits per heavy atom. The number of halogens is 1. The molecule has 0 spiro atoms. The predicted molar refractivity (Wildman–Crippen MR) is 78.3 cm³/mol. The van der Waals surface area contributed by atoms with Gasteiger partial charge in [-0.05, 0) is 36.4 Å². The Labute approximate surface area is 127 Å². The maximum Gasteiger partial charge on any atom is 0.337 e. The fraction of sp³-hybridized carbons (Fsp3) is 0.125. The molecule has 0 heterocycles. The van der Waals surface area contributed by atoms with Gasteiger partial charge in [-0.25, -0.2) is 4.79 Å². The molecule has 0 bridgehead atoms. The van der Waals surface area contributed by atoms with E-state index in [-0.39, 0.29) is 6.61 Å². The van der Waals surface area contributed by atoms with Crippen molar-refractivity contribution in [1.82, 2.24) is 0 Å². The molecule has 0 N–H and O–H groups in total. The lowest BCUT2D eigenvalue weighted by molar-refractivity contribution is 0.0600. The standard InChI is InChI=1S/C16H12ClNO3/c1-20-16(19)12-4-6-14(7-5-12)21-10-13-3-2-11(9-18)8-15(13)17/h2-8H,10H2,1H3. The highest BCUT2D eigenvalue weighted by Crippen LogP contribution is 2.20. The van der Waals surface area contributed by atoms with Crippen molar-refractivity contribution in [3.8, 4) is 11.8 Å². The van der Waals surface area contributed by atoms with E-state index < -0.39 is 5.97 Å². The van der Waals surface area contributed by atoms with Crippen LogP contribution >= 0.6 is 11.6 Å². The van der Waals surface area contributed by atoms with Crippen molar-refractivity contribution in [3.05, 3.63) is 64.2 Å². The zero-order valence-electron chi connectivity index (χ0n) is 11.3. The largest absolute Gasteiger partial charge is 0.489 e. The summed E-state index contributed by atoms with van der Waals surface area (Å²) in [7, 11) is 1.33. The summed E-state index contributed by atoms with van der Waals surface area (Å²) in [6.07, 6.45) is 0. The van der Waals surface area contributed by atoms with Gasteiger partial charge in [0.15, 0.2) is 0 Å². The SMILES string of the molecule is COC(=O)c1ccc(OCc2ccc(C#N)cc2Cl)cc1. The topological polar surface area (TPSA) is 59.3 Å². The first-order valence-corrected chi connectivity index (χ1v) is 6.51. The molecule has 21 heavy (non-hydrogen) atoms. The van der Waals surface area contributed by atoms with Crippen LogP contribution in [0.5, 0.6) is 5.75 Å². The van der Waals surface area contributed by atoms with E-state index in [1.54, 1.807) is 42.5 Å². The highest BCUT2D eigenvalue weighted by atomic mass is 35.5. The fourth-order valence-electron chi connectivity index (χ4n) is 1.70. The maximum atomic E-state index is 11.3. The number of nitriles is 1. The molecule has 0 atom stereocenters.